The first kappa shape index (κ1) is 10.6. The number of aryl methyl sites for hydroxylation is 1. The largest absolute Gasteiger partial charge is 0.295 e. The predicted molar refractivity (Wildman–Crippen MR) is 56.8 cm³/mol. The van der Waals surface area contributed by atoms with E-state index in [1.165, 1.54) is 12.1 Å². The maximum Gasteiger partial charge on any atom is 0.260 e. The summed E-state index contributed by atoms with van der Waals surface area (Å²) in [4.78, 5) is 11.6. The number of hydrogen-bond donors (Lipinski definition) is 1. The molecular weight excluding hydrogens is 231 g/mol. The monoisotopic (exact) mass is 238 g/mol. The Kier molecular flexibility index (Phi) is 2.86. The summed E-state index contributed by atoms with van der Waals surface area (Å²) in [6, 6.07) is 4.39. The van der Waals surface area contributed by atoms with E-state index in [2.05, 4.69) is 20.1 Å². The van der Waals surface area contributed by atoms with Crippen LogP contribution >= 0.6 is 11.5 Å². The molecule has 0 fully saturated rings. The molecule has 0 unspecified atom stereocenters. The minimum Gasteiger partial charge on any atom is -0.295 e. The highest BCUT2D eigenvalue weighted by molar-refractivity contribution is 7.09. The van der Waals surface area contributed by atoms with Gasteiger partial charge >= 0.3 is 0 Å². The van der Waals surface area contributed by atoms with Crippen molar-refractivity contribution in [2.75, 3.05) is 5.32 Å². The molecule has 1 aromatic carbocycles. The Balaban J connectivity index is 2.21. The minimum absolute atomic E-state index is 0.0270. The van der Waals surface area contributed by atoms with Crippen molar-refractivity contribution in [3.05, 3.63) is 35.1 Å². The lowest BCUT2D eigenvalue weighted by molar-refractivity contribution is 0.102. The normalized spacial score (nSPS) is 10.1. The molecule has 82 valence electrons. The fourth-order valence-electron chi connectivity index (χ4n) is 1.15. The third kappa shape index (κ3) is 2.19. The van der Waals surface area contributed by atoms with Gasteiger partial charge in [-0.2, -0.15) is 0 Å². The van der Waals surface area contributed by atoms with Crippen LogP contribution in [0.25, 0.3) is 0 Å². The van der Waals surface area contributed by atoms with Crippen LogP contribution in [-0.2, 0) is 0 Å². The van der Waals surface area contributed by atoms with Crippen molar-refractivity contribution in [2.24, 2.45) is 0 Å². The van der Waals surface area contributed by atoms with Crippen LogP contribution in [0.1, 0.15) is 15.9 Å². The maximum absolute atomic E-state index is 13.4. The smallest absolute Gasteiger partial charge is 0.260 e. The molecule has 16 heavy (non-hydrogen) atoms. The van der Waals surface area contributed by atoms with Crippen LogP contribution in [0.5, 0.6) is 0 Å². The molecule has 0 aliphatic heterocycles. The van der Waals surface area contributed by atoms with Crippen molar-refractivity contribution in [3.63, 3.8) is 0 Å². The lowest BCUT2D eigenvalue weighted by Crippen LogP contribution is -2.13. The molecular formula is C9H7FN4OS. The molecule has 1 aromatic heterocycles. The van der Waals surface area contributed by atoms with Crippen molar-refractivity contribution in [3.8, 4) is 0 Å². The number of aromatic nitrogens is 3. The molecule has 0 aliphatic rings. The van der Waals surface area contributed by atoms with Gasteiger partial charge in [-0.3, -0.25) is 10.1 Å². The molecule has 2 aromatic rings. The van der Waals surface area contributed by atoms with Gasteiger partial charge < -0.3 is 0 Å². The van der Waals surface area contributed by atoms with Crippen molar-refractivity contribution in [1.82, 2.24) is 14.8 Å². The number of nitrogens with zero attached hydrogens (tertiary/aromatic N) is 3. The molecule has 0 bridgehead atoms. The topological polar surface area (TPSA) is 67.8 Å². The van der Waals surface area contributed by atoms with Crippen molar-refractivity contribution in [2.45, 2.75) is 6.92 Å². The number of anilines is 1. The molecule has 1 amide bonds. The number of carbonyl (C=O) groups is 1. The number of nitrogens with one attached hydrogen (secondary N) is 1. The number of benzene rings is 1. The molecule has 0 saturated carbocycles. The fourth-order valence-corrected chi connectivity index (χ4v) is 1.51. The Morgan fingerprint density at radius 3 is 2.94 bits per heavy atom. The van der Waals surface area contributed by atoms with Crippen molar-refractivity contribution >= 4 is 22.6 Å². The van der Waals surface area contributed by atoms with Crippen LogP contribution in [0.3, 0.4) is 0 Å². The van der Waals surface area contributed by atoms with Gasteiger partial charge in [-0.1, -0.05) is 15.7 Å². The zero-order valence-electron chi connectivity index (χ0n) is 8.27. The lowest BCUT2D eigenvalue weighted by Gasteiger charge is -2.02. The lowest BCUT2D eigenvalue weighted by atomic mass is 10.1. The zero-order chi connectivity index (χ0) is 11.5. The van der Waals surface area contributed by atoms with E-state index >= 15 is 0 Å². The minimum atomic E-state index is -0.560. The van der Waals surface area contributed by atoms with Gasteiger partial charge in [0.05, 0.1) is 5.56 Å². The van der Waals surface area contributed by atoms with Gasteiger partial charge in [0.25, 0.3) is 5.91 Å². The predicted octanol–water partition coefficient (Wildman–Crippen LogP) is 1.63. The van der Waals surface area contributed by atoms with Crippen LogP contribution in [0.4, 0.5) is 9.52 Å². The standard InChI is InChI=1S/C9H7FN4OS/c1-5-2-3-6(7(10)4-5)8(15)11-9-12-13-14-16-9/h2-4H,1H3,(H,11,12,14,15). The van der Waals surface area contributed by atoms with Crippen molar-refractivity contribution < 1.29 is 9.18 Å². The first-order valence-electron chi connectivity index (χ1n) is 4.39. The molecule has 0 spiro atoms. The van der Waals surface area contributed by atoms with E-state index < -0.39 is 11.7 Å². The van der Waals surface area contributed by atoms with E-state index in [4.69, 9.17) is 0 Å². The highest BCUT2D eigenvalue weighted by Crippen LogP contribution is 2.13. The Bertz CT molecular complexity index is 514. The third-order valence-electron chi connectivity index (χ3n) is 1.89. The van der Waals surface area contributed by atoms with Gasteiger partial charge in [0.1, 0.15) is 5.82 Å². The third-order valence-corrected chi connectivity index (χ3v) is 2.40. The molecule has 1 heterocycles. The molecule has 1 N–H and O–H groups in total. The van der Waals surface area contributed by atoms with Gasteiger partial charge in [0.15, 0.2) is 0 Å². The highest BCUT2D eigenvalue weighted by Gasteiger charge is 2.13. The Morgan fingerprint density at radius 2 is 2.31 bits per heavy atom. The number of carbonyl (C=O) groups excluding carboxylic acids is 1. The zero-order valence-corrected chi connectivity index (χ0v) is 9.08. The number of halogens is 1. The second kappa shape index (κ2) is 4.31. The summed E-state index contributed by atoms with van der Waals surface area (Å²) in [5.41, 5.74) is 0.729. The van der Waals surface area contributed by atoms with E-state index in [9.17, 15) is 9.18 Å². The SMILES string of the molecule is Cc1ccc(C(=O)Nc2nnns2)c(F)c1. The van der Waals surface area contributed by atoms with E-state index in [0.717, 1.165) is 17.1 Å². The average Bonchev–Trinajstić information content (AvgIpc) is 2.70. The summed E-state index contributed by atoms with van der Waals surface area (Å²) in [5.74, 6) is -1.12. The summed E-state index contributed by atoms with van der Waals surface area (Å²) in [6.45, 7) is 1.75. The second-order valence-corrected chi connectivity index (χ2v) is 3.84. The van der Waals surface area contributed by atoms with E-state index in [1.807, 2.05) is 0 Å². The van der Waals surface area contributed by atoms with E-state index in [0.29, 0.717) is 0 Å². The fraction of sp³-hybridized carbons (Fsp3) is 0.111. The van der Waals surface area contributed by atoms with Crippen molar-refractivity contribution in [1.29, 1.82) is 0 Å². The Hall–Kier alpha value is -1.89. The van der Waals surface area contributed by atoms with Crippen LogP contribution in [0.2, 0.25) is 0 Å². The molecule has 5 nitrogen and oxygen atoms in total. The molecule has 0 aliphatic carbocycles. The van der Waals surface area contributed by atoms with Gasteiger partial charge in [0, 0.05) is 11.5 Å². The van der Waals surface area contributed by atoms with Gasteiger partial charge in [-0.05, 0) is 29.8 Å². The van der Waals surface area contributed by atoms with Crippen LogP contribution in [0.15, 0.2) is 18.2 Å². The highest BCUT2D eigenvalue weighted by atomic mass is 32.1. The average molecular weight is 238 g/mol. The Morgan fingerprint density at radius 1 is 1.50 bits per heavy atom. The molecule has 0 saturated heterocycles. The Labute approximate surface area is 94.5 Å². The van der Waals surface area contributed by atoms with Gasteiger partial charge in [0.2, 0.25) is 5.13 Å². The maximum atomic E-state index is 13.4. The molecule has 0 atom stereocenters. The number of hydrogen-bond acceptors (Lipinski definition) is 5. The first-order valence-corrected chi connectivity index (χ1v) is 5.16. The summed E-state index contributed by atoms with van der Waals surface area (Å²) in [7, 11) is 0. The van der Waals surface area contributed by atoms with Gasteiger partial charge in [-0.25, -0.2) is 4.39 Å². The number of amides is 1. The summed E-state index contributed by atoms with van der Waals surface area (Å²) in [6.07, 6.45) is 0. The summed E-state index contributed by atoms with van der Waals surface area (Å²) < 4.78 is 16.9. The van der Waals surface area contributed by atoms with E-state index in [-0.39, 0.29) is 10.7 Å². The molecule has 7 heteroatoms. The summed E-state index contributed by atoms with van der Waals surface area (Å²) >= 11 is 0.928. The first-order chi connectivity index (χ1) is 7.66. The van der Waals surface area contributed by atoms with Crippen LogP contribution < -0.4 is 5.32 Å². The molecule has 0 radical (unpaired) electrons. The van der Waals surface area contributed by atoms with Crippen LogP contribution in [0, 0.1) is 12.7 Å². The number of rotatable bonds is 2. The van der Waals surface area contributed by atoms with E-state index in [1.54, 1.807) is 13.0 Å². The molecule has 2 rings (SSSR count). The summed E-state index contributed by atoms with van der Waals surface area (Å²) in [5, 5.41) is 9.49. The second-order valence-electron chi connectivity index (χ2n) is 3.10. The quantitative estimate of drug-likeness (QED) is 0.863. The van der Waals surface area contributed by atoms with Crippen LogP contribution in [-0.4, -0.2) is 20.7 Å². The van der Waals surface area contributed by atoms with Gasteiger partial charge in [-0.15, -0.1) is 0 Å².